The van der Waals surface area contributed by atoms with Gasteiger partial charge < -0.3 is 10.2 Å². The number of hydrogen-bond donors (Lipinski definition) is 1. The fourth-order valence-electron chi connectivity index (χ4n) is 2.48. The third-order valence-corrected chi connectivity index (χ3v) is 4.54. The first kappa shape index (κ1) is 13.1. The van der Waals surface area contributed by atoms with E-state index in [0.29, 0.717) is 12.1 Å². The predicted octanol–water partition coefficient (Wildman–Crippen LogP) is 3.26. The normalized spacial score (nSPS) is 25.0. The molecular formula is C14H21IN2. The second-order valence-electron chi connectivity index (χ2n) is 4.68. The molecule has 0 radical (unpaired) electrons. The average molecular weight is 344 g/mol. The van der Waals surface area contributed by atoms with Gasteiger partial charge in [0.05, 0.1) is 5.69 Å². The van der Waals surface area contributed by atoms with Crippen molar-refractivity contribution in [2.75, 3.05) is 18.0 Å². The zero-order chi connectivity index (χ0) is 12.3. The lowest BCUT2D eigenvalue weighted by molar-refractivity contribution is 0.378. The molecule has 1 heterocycles. The monoisotopic (exact) mass is 344 g/mol. The van der Waals surface area contributed by atoms with Gasteiger partial charge in [0.15, 0.2) is 0 Å². The summed E-state index contributed by atoms with van der Waals surface area (Å²) < 4.78 is 1.36. The van der Waals surface area contributed by atoms with Crippen molar-refractivity contribution in [3.05, 3.63) is 27.8 Å². The van der Waals surface area contributed by atoms with Gasteiger partial charge in [-0.1, -0.05) is 26.0 Å². The van der Waals surface area contributed by atoms with Crippen molar-refractivity contribution in [1.82, 2.24) is 5.32 Å². The third-order valence-electron chi connectivity index (χ3n) is 3.63. The molecular weight excluding hydrogens is 323 g/mol. The second-order valence-corrected chi connectivity index (χ2v) is 5.84. The van der Waals surface area contributed by atoms with Crippen LogP contribution in [-0.2, 0) is 0 Å². The summed E-state index contributed by atoms with van der Waals surface area (Å²) in [6, 6.07) is 9.98. The number of anilines is 1. The highest BCUT2D eigenvalue weighted by atomic mass is 127. The summed E-state index contributed by atoms with van der Waals surface area (Å²) >= 11 is 2.45. The Labute approximate surface area is 118 Å². The standard InChI is InChI=1S/C14H21IN2/c1-3-11-10-17(12(4-2)9-16-11)14-8-6-5-7-13(14)15/h5-8,11-12,16H,3-4,9-10H2,1-2H3. The van der Waals surface area contributed by atoms with Crippen molar-refractivity contribution < 1.29 is 0 Å². The van der Waals surface area contributed by atoms with Crippen LogP contribution in [0.15, 0.2) is 24.3 Å². The van der Waals surface area contributed by atoms with Crippen molar-refractivity contribution in [3.8, 4) is 0 Å². The van der Waals surface area contributed by atoms with E-state index in [-0.39, 0.29) is 0 Å². The minimum Gasteiger partial charge on any atom is -0.365 e. The zero-order valence-corrected chi connectivity index (χ0v) is 12.8. The van der Waals surface area contributed by atoms with Crippen LogP contribution in [0.3, 0.4) is 0 Å². The van der Waals surface area contributed by atoms with Crippen molar-refractivity contribution in [3.63, 3.8) is 0 Å². The van der Waals surface area contributed by atoms with Gasteiger partial charge in [0.1, 0.15) is 0 Å². The highest BCUT2D eigenvalue weighted by Gasteiger charge is 2.26. The number of benzene rings is 1. The van der Waals surface area contributed by atoms with E-state index in [1.54, 1.807) is 0 Å². The molecule has 2 rings (SSSR count). The van der Waals surface area contributed by atoms with Crippen LogP contribution >= 0.6 is 22.6 Å². The number of rotatable bonds is 3. The lowest BCUT2D eigenvalue weighted by Crippen LogP contribution is -2.56. The molecule has 0 amide bonds. The lowest BCUT2D eigenvalue weighted by atomic mass is 10.0. The molecule has 1 aliphatic heterocycles. The fraction of sp³-hybridized carbons (Fsp3) is 0.571. The Hall–Kier alpha value is -0.290. The van der Waals surface area contributed by atoms with Gasteiger partial charge in [-0.15, -0.1) is 0 Å². The Morgan fingerprint density at radius 3 is 2.71 bits per heavy atom. The van der Waals surface area contributed by atoms with Gasteiger partial charge >= 0.3 is 0 Å². The van der Waals surface area contributed by atoms with Gasteiger partial charge in [-0.3, -0.25) is 0 Å². The molecule has 1 fully saturated rings. The molecule has 1 N–H and O–H groups in total. The number of nitrogens with zero attached hydrogens (tertiary/aromatic N) is 1. The maximum absolute atomic E-state index is 3.64. The van der Waals surface area contributed by atoms with Crippen molar-refractivity contribution >= 4 is 28.3 Å². The minimum absolute atomic E-state index is 0.633. The molecule has 3 heteroatoms. The number of halogens is 1. The quantitative estimate of drug-likeness (QED) is 0.847. The highest BCUT2D eigenvalue weighted by Crippen LogP contribution is 2.27. The van der Waals surface area contributed by atoms with Gasteiger partial charge in [-0.2, -0.15) is 0 Å². The van der Waals surface area contributed by atoms with Crippen LogP contribution in [0.5, 0.6) is 0 Å². The van der Waals surface area contributed by atoms with Crippen LogP contribution in [0.1, 0.15) is 26.7 Å². The van der Waals surface area contributed by atoms with Crippen molar-refractivity contribution in [1.29, 1.82) is 0 Å². The molecule has 0 spiro atoms. The molecule has 1 aromatic rings. The molecule has 1 aliphatic rings. The molecule has 94 valence electrons. The van der Waals surface area contributed by atoms with Gasteiger partial charge in [0.25, 0.3) is 0 Å². The molecule has 17 heavy (non-hydrogen) atoms. The van der Waals surface area contributed by atoms with Gasteiger partial charge in [-0.05, 0) is 47.6 Å². The molecule has 0 aromatic heterocycles. The van der Waals surface area contributed by atoms with Crippen LogP contribution < -0.4 is 10.2 Å². The SMILES string of the molecule is CCC1CN(c2ccccc2I)C(CC)CN1. The Bertz CT molecular complexity index is 367. The van der Waals surface area contributed by atoms with Crippen LogP contribution in [0.25, 0.3) is 0 Å². The van der Waals surface area contributed by atoms with E-state index >= 15 is 0 Å². The van der Waals surface area contributed by atoms with Crippen molar-refractivity contribution in [2.45, 2.75) is 38.8 Å². The van der Waals surface area contributed by atoms with Crippen LogP contribution in [0.4, 0.5) is 5.69 Å². The number of para-hydroxylation sites is 1. The molecule has 1 saturated heterocycles. The van der Waals surface area contributed by atoms with E-state index in [2.05, 4.69) is 70.9 Å². The van der Waals surface area contributed by atoms with E-state index in [1.807, 2.05) is 0 Å². The van der Waals surface area contributed by atoms with Gasteiger partial charge in [0.2, 0.25) is 0 Å². The van der Waals surface area contributed by atoms with E-state index in [4.69, 9.17) is 0 Å². The highest BCUT2D eigenvalue weighted by molar-refractivity contribution is 14.1. The summed E-state index contributed by atoms with van der Waals surface area (Å²) in [7, 11) is 0. The summed E-state index contributed by atoms with van der Waals surface area (Å²) in [4.78, 5) is 2.59. The number of hydrogen-bond acceptors (Lipinski definition) is 2. The average Bonchev–Trinajstić information content (AvgIpc) is 2.38. The first-order valence-electron chi connectivity index (χ1n) is 6.50. The summed E-state index contributed by atoms with van der Waals surface area (Å²) in [5.74, 6) is 0. The number of piperazine rings is 1. The second kappa shape index (κ2) is 6.05. The zero-order valence-electron chi connectivity index (χ0n) is 10.6. The first-order chi connectivity index (χ1) is 8.26. The van der Waals surface area contributed by atoms with Gasteiger partial charge in [-0.25, -0.2) is 0 Å². The Morgan fingerprint density at radius 1 is 1.29 bits per heavy atom. The van der Waals surface area contributed by atoms with Crippen molar-refractivity contribution in [2.24, 2.45) is 0 Å². The maximum atomic E-state index is 3.64. The fourth-order valence-corrected chi connectivity index (χ4v) is 3.18. The van der Waals surface area contributed by atoms with Crippen LogP contribution in [0, 0.1) is 3.57 Å². The topological polar surface area (TPSA) is 15.3 Å². The smallest absolute Gasteiger partial charge is 0.0505 e. The Balaban J connectivity index is 2.23. The minimum atomic E-state index is 0.633. The predicted molar refractivity (Wildman–Crippen MR) is 82.7 cm³/mol. The molecule has 2 unspecified atom stereocenters. The van der Waals surface area contributed by atoms with Crippen LogP contribution in [0.2, 0.25) is 0 Å². The largest absolute Gasteiger partial charge is 0.365 e. The summed E-state index contributed by atoms with van der Waals surface area (Å²) in [6.07, 6.45) is 2.41. The Morgan fingerprint density at radius 2 is 2.06 bits per heavy atom. The molecule has 2 nitrogen and oxygen atoms in total. The first-order valence-corrected chi connectivity index (χ1v) is 7.58. The van der Waals surface area contributed by atoms with E-state index in [1.165, 1.54) is 22.1 Å². The molecule has 0 aliphatic carbocycles. The summed E-state index contributed by atoms with van der Waals surface area (Å²) in [6.45, 7) is 6.79. The summed E-state index contributed by atoms with van der Waals surface area (Å²) in [5, 5.41) is 3.64. The maximum Gasteiger partial charge on any atom is 0.0505 e. The molecule has 1 aromatic carbocycles. The van der Waals surface area contributed by atoms with E-state index < -0.39 is 0 Å². The van der Waals surface area contributed by atoms with E-state index in [9.17, 15) is 0 Å². The van der Waals surface area contributed by atoms with E-state index in [0.717, 1.165) is 13.1 Å². The molecule has 0 bridgehead atoms. The lowest BCUT2D eigenvalue weighted by Gasteiger charge is -2.42. The molecule has 2 atom stereocenters. The third kappa shape index (κ3) is 2.94. The van der Waals surface area contributed by atoms with Gasteiger partial charge in [0, 0.05) is 28.7 Å². The summed E-state index contributed by atoms with van der Waals surface area (Å²) in [5.41, 5.74) is 1.40. The Kier molecular flexibility index (Phi) is 4.68. The van der Waals surface area contributed by atoms with Crippen LogP contribution in [-0.4, -0.2) is 25.2 Å². The number of nitrogens with one attached hydrogen (secondary N) is 1. The molecule has 0 saturated carbocycles.